The Balaban J connectivity index is 1.45. The van der Waals surface area contributed by atoms with Gasteiger partial charge >= 0.3 is 0 Å². The summed E-state index contributed by atoms with van der Waals surface area (Å²) in [6.45, 7) is 2.95. The van der Waals surface area contributed by atoms with Gasteiger partial charge in [0.05, 0.1) is 12.1 Å². The predicted octanol–water partition coefficient (Wildman–Crippen LogP) is 4.49. The fraction of sp³-hybridized carbons (Fsp3) is 0.476. The number of rotatable bonds is 8. The van der Waals surface area contributed by atoms with Crippen molar-refractivity contribution in [2.24, 2.45) is 5.92 Å². The van der Waals surface area contributed by atoms with Crippen LogP contribution in [0.5, 0.6) is 5.75 Å². The Kier molecular flexibility index (Phi) is 8.15. The number of benzene rings is 1. The lowest BCUT2D eigenvalue weighted by molar-refractivity contribution is -0.116. The number of piperidine rings is 1. The fourth-order valence-electron chi connectivity index (χ4n) is 3.62. The summed E-state index contributed by atoms with van der Waals surface area (Å²) >= 11 is 7.67. The number of anilines is 1. The third-order valence-electron chi connectivity index (χ3n) is 5.09. The van der Waals surface area contributed by atoms with E-state index in [0.717, 1.165) is 43.2 Å². The summed E-state index contributed by atoms with van der Waals surface area (Å²) in [4.78, 5) is 23.5. The van der Waals surface area contributed by atoms with Crippen LogP contribution in [0.25, 0.3) is 0 Å². The summed E-state index contributed by atoms with van der Waals surface area (Å²) in [7, 11) is 1.57. The Bertz CT molecular complexity index is 819. The lowest BCUT2D eigenvalue weighted by Gasteiger charge is -2.32. The van der Waals surface area contributed by atoms with Crippen molar-refractivity contribution in [3.63, 3.8) is 0 Å². The lowest BCUT2D eigenvalue weighted by atomic mass is 9.93. The summed E-state index contributed by atoms with van der Waals surface area (Å²) in [6, 6.07) is 5.27. The third kappa shape index (κ3) is 6.59. The number of likely N-dealkylation sites (tertiary alicyclic amines) is 1. The number of ether oxygens (including phenoxy) is 1. The Morgan fingerprint density at radius 3 is 2.86 bits per heavy atom. The molecule has 29 heavy (non-hydrogen) atoms. The van der Waals surface area contributed by atoms with Gasteiger partial charge < -0.3 is 10.1 Å². The number of thioether (sulfide) groups is 1. The van der Waals surface area contributed by atoms with Crippen LogP contribution in [0.2, 0.25) is 5.02 Å². The summed E-state index contributed by atoms with van der Waals surface area (Å²) < 4.78 is 5.14. The van der Waals surface area contributed by atoms with Gasteiger partial charge in [-0.25, -0.2) is 9.97 Å². The Hall–Kier alpha value is -1.83. The molecule has 0 aliphatic carbocycles. The molecule has 0 bridgehead atoms. The van der Waals surface area contributed by atoms with E-state index < -0.39 is 0 Å². The maximum Gasteiger partial charge on any atom is 0.224 e. The number of halogens is 1. The maximum absolute atomic E-state index is 12.3. The molecule has 1 amide bonds. The molecule has 1 aliphatic rings. The second-order valence-electron chi connectivity index (χ2n) is 7.26. The van der Waals surface area contributed by atoms with Crippen LogP contribution in [0.1, 0.15) is 31.2 Å². The molecule has 1 aromatic heterocycles. The van der Waals surface area contributed by atoms with Crippen molar-refractivity contribution in [3.8, 4) is 5.75 Å². The molecule has 1 atom stereocenters. The molecule has 1 unspecified atom stereocenters. The molecular weight excluding hydrogens is 408 g/mol. The Morgan fingerprint density at radius 1 is 1.38 bits per heavy atom. The minimum atomic E-state index is 0.0180. The molecule has 8 heteroatoms. The fourth-order valence-corrected chi connectivity index (χ4v) is 4.20. The molecule has 2 heterocycles. The van der Waals surface area contributed by atoms with Gasteiger partial charge in [0.2, 0.25) is 5.91 Å². The van der Waals surface area contributed by atoms with Crippen molar-refractivity contribution in [2.75, 3.05) is 31.8 Å². The van der Waals surface area contributed by atoms with Crippen molar-refractivity contribution in [1.82, 2.24) is 14.9 Å². The van der Waals surface area contributed by atoms with Crippen LogP contribution in [0.15, 0.2) is 35.7 Å². The summed E-state index contributed by atoms with van der Waals surface area (Å²) in [5, 5.41) is 4.21. The number of aromatic nitrogens is 2. The Labute approximate surface area is 181 Å². The van der Waals surface area contributed by atoms with Crippen LogP contribution in [0, 0.1) is 5.92 Å². The minimum Gasteiger partial charge on any atom is -0.495 e. The van der Waals surface area contributed by atoms with Gasteiger partial charge in [-0.3, -0.25) is 9.69 Å². The molecule has 6 nitrogen and oxygen atoms in total. The molecule has 0 spiro atoms. The zero-order valence-electron chi connectivity index (χ0n) is 16.9. The Morgan fingerprint density at radius 2 is 2.17 bits per heavy atom. The summed E-state index contributed by atoms with van der Waals surface area (Å²) in [5.41, 5.74) is 1.83. The molecular formula is C21H27ClN4O2S. The number of carbonyl (C=O) groups is 1. The molecule has 1 N–H and O–H groups in total. The van der Waals surface area contributed by atoms with Gasteiger partial charge in [0.15, 0.2) is 5.16 Å². The minimum absolute atomic E-state index is 0.0180. The summed E-state index contributed by atoms with van der Waals surface area (Å²) in [5.74, 6) is 1.14. The largest absolute Gasteiger partial charge is 0.495 e. The van der Waals surface area contributed by atoms with Crippen LogP contribution in [0.3, 0.4) is 0 Å². The van der Waals surface area contributed by atoms with Gasteiger partial charge in [0.1, 0.15) is 5.75 Å². The molecule has 1 fully saturated rings. The van der Waals surface area contributed by atoms with Crippen molar-refractivity contribution in [1.29, 1.82) is 0 Å². The molecule has 3 rings (SSSR count). The zero-order valence-corrected chi connectivity index (χ0v) is 18.4. The quantitative estimate of drug-likeness (QED) is 0.487. The van der Waals surface area contributed by atoms with E-state index >= 15 is 0 Å². The number of hydrogen-bond acceptors (Lipinski definition) is 6. The van der Waals surface area contributed by atoms with E-state index in [1.165, 1.54) is 6.42 Å². The van der Waals surface area contributed by atoms with Gasteiger partial charge in [-0.05, 0) is 56.2 Å². The molecule has 1 saturated heterocycles. The number of methoxy groups -OCH3 is 1. The average Bonchev–Trinajstić information content (AvgIpc) is 2.73. The predicted molar refractivity (Wildman–Crippen MR) is 118 cm³/mol. The first kappa shape index (κ1) is 21.9. The highest BCUT2D eigenvalue weighted by atomic mass is 35.5. The van der Waals surface area contributed by atoms with Gasteiger partial charge in [0, 0.05) is 43.2 Å². The second-order valence-corrected chi connectivity index (χ2v) is 8.44. The first-order valence-corrected chi connectivity index (χ1v) is 11.4. The highest BCUT2D eigenvalue weighted by Gasteiger charge is 2.21. The van der Waals surface area contributed by atoms with Gasteiger partial charge in [-0.2, -0.15) is 0 Å². The van der Waals surface area contributed by atoms with Gasteiger partial charge in [-0.15, -0.1) is 0 Å². The zero-order chi connectivity index (χ0) is 20.6. The molecule has 156 valence electrons. The first-order chi connectivity index (χ1) is 14.1. The van der Waals surface area contributed by atoms with Gasteiger partial charge in [-0.1, -0.05) is 23.4 Å². The van der Waals surface area contributed by atoms with E-state index in [1.54, 1.807) is 37.1 Å². The van der Waals surface area contributed by atoms with E-state index in [4.69, 9.17) is 16.3 Å². The van der Waals surface area contributed by atoms with E-state index in [9.17, 15) is 4.79 Å². The van der Waals surface area contributed by atoms with E-state index in [0.29, 0.717) is 28.8 Å². The molecule has 0 saturated carbocycles. The van der Waals surface area contributed by atoms with Crippen LogP contribution in [0.4, 0.5) is 5.69 Å². The van der Waals surface area contributed by atoms with E-state index in [2.05, 4.69) is 20.2 Å². The smallest absolute Gasteiger partial charge is 0.224 e. The van der Waals surface area contributed by atoms with Crippen LogP contribution < -0.4 is 10.1 Å². The van der Waals surface area contributed by atoms with Crippen LogP contribution in [-0.2, 0) is 11.3 Å². The normalized spacial score (nSPS) is 17.1. The number of hydrogen-bond donors (Lipinski definition) is 1. The molecule has 1 aliphatic heterocycles. The van der Waals surface area contributed by atoms with Crippen molar-refractivity contribution < 1.29 is 9.53 Å². The molecule has 1 aromatic carbocycles. The molecule has 2 aromatic rings. The SMILES string of the molecule is COc1ccc(NC(=O)CCC2CCCN(Cc3cnc(SC)nc3)C2)cc1Cl. The highest BCUT2D eigenvalue weighted by molar-refractivity contribution is 7.98. The topological polar surface area (TPSA) is 67.3 Å². The first-order valence-electron chi connectivity index (χ1n) is 9.78. The standard InChI is InChI=1S/C21H27ClN4O2S/c1-28-19-7-6-17(10-18(19)22)25-20(27)8-5-15-4-3-9-26(13-15)14-16-11-23-21(29-2)24-12-16/h6-7,10-12,15H,3-5,8-9,13-14H2,1-2H3,(H,25,27). The maximum atomic E-state index is 12.3. The lowest BCUT2D eigenvalue weighted by Crippen LogP contribution is -2.35. The molecule has 0 radical (unpaired) electrons. The summed E-state index contributed by atoms with van der Waals surface area (Å²) in [6.07, 6.45) is 9.52. The number of carbonyl (C=O) groups excluding carboxylic acids is 1. The second kappa shape index (κ2) is 10.8. The van der Waals surface area contributed by atoms with Crippen molar-refractivity contribution in [2.45, 2.75) is 37.4 Å². The van der Waals surface area contributed by atoms with E-state index in [1.807, 2.05) is 18.6 Å². The number of nitrogens with one attached hydrogen (secondary N) is 1. The highest BCUT2D eigenvalue weighted by Crippen LogP contribution is 2.28. The van der Waals surface area contributed by atoms with Crippen molar-refractivity contribution in [3.05, 3.63) is 41.2 Å². The number of amides is 1. The van der Waals surface area contributed by atoms with Gasteiger partial charge in [0.25, 0.3) is 0 Å². The van der Waals surface area contributed by atoms with Crippen LogP contribution in [-0.4, -0.2) is 47.2 Å². The van der Waals surface area contributed by atoms with E-state index in [-0.39, 0.29) is 5.91 Å². The monoisotopic (exact) mass is 434 g/mol. The average molecular weight is 435 g/mol. The third-order valence-corrected chi connectivity index (χ3v) is 5.96. The number of nitrogens with zero attached hydrogens (tertiary/aromatic N) is 3. The van der Waals surface area contributed by atoms with Crippen LogP contribution >= 0.6 is 23.4 Å². The van der Waals surface area contributed by atoms with Crippen molar-refractivity contribution >= 4 is 35.0 Å².